The molecule has 11 heteroatoms. The van der Waals surface area contributed by atoms with Gasteiger partial charge in [0.15, 0.2) is 6.04 Å². The summed E-state index contributed by atoms with van der Waals surface area (Å²) in [5.41, 5.74) is 0.171. The molecule has 182 valence electrons. The Hall–Kier alpha value is -2.36. The minimum Gasteiger partial charge on any atom is -0.480 e. The van der Waals surface area contributed by atoms with Gasteiger partial charge in [-0.25, -0.2) is 18.9 Å². The Balaban J connectivity index is 1.75. The topological polar surface area (TPSA) is 86.7 Å². The number of carbonyl (C=O) groups is 3. The maximum atomic E-state index is 14.2. The molecule has 1 saturated carbocycles. The fourth-order valence-electron chi connectivity index (χ4n) is 4.87. The zero-order valence-electron chi connectivity index (χ0n) is 17.9. The van der Waals surface area contributed by atoms with E-state index in [0.717, 1.165) is 6.42 Å². The van der Waals surface area contributed by atoms with Crippen molar-refractivity contribution in [3.8, 4) is 0 Å². The first-order chi connectivity index (χ1) is 15.4. The number of nitrogens with zero attached hydrogens (tertiary/aromatic N) is 1. The lowest BCUT2D eigenvalue weighted by molar-refractivity contribution is -0.174. The van der Waals surface area contributed by atoms with Crippen LogP contribution in [-0.4, -0.2) is 46.2 Å². The molecule has 0 aromatic heterocycles. The maximum Gasteiger partial charge on any atom is 0.408 e. The minimum absolute atomic E-state index is 0.0325. The largest absolute Gasteiger partial charge is 0.480 e. The number of carboxylic acid groups (broad SMARTS) is 1. The van der Waals surface area contributed by atoms with Crippen LogP contribution in [0, 0.1) is 23.6 Å². The molecule has 1 aliphatic carbocycles. The van der Waals surface area contributed by atoms with Crippen molar-refractivity contribution in [2.45, 2.75) is 63.7 Å². The lowest BCUT2D eigenvalue weighted by Crippen LogP contribution is -2.71. The number of benzene rings is 1. The number of amides is 3. The lowest BCUT2D eigenvalue weighted by atomic mass is 9.75. The first-order valence-corrected chi connectivity index (χ1v) is 11.2. The summed E-state index contributed by atoms with van der Waals surface area (Å²) in [6.07, 6.45) is -2.18. The molecule has 0 spiro atoms. The second kappa shape index (κ2) is 9.87. The number of urea groups is 1. The smallest absolute Gasteiger partial charge is 0.408 e. The summed E-state index contributed by atoms with van der Waals surface area (Å²) in [7, 11) is 0. The van der Waals surface area contributed by atoms with Gasteiger partial charge in [0, 0.05) is 0 Å². The zero-order chi connectivity index (χ0) is 24.5. The van der Waals surface area contributed by atoms with E-state index in [-0.39, 0.29) is 29.8 Å². The average Bonchev–Trinajstić information content (AvgIpc) is 2.73. The van der Waals surface area contributed by atoms with E-state index in [4.69, 9.17) is 11.6 Å². The van der Waals surface area contributed by atoms with Gasteiger partial charge in [-0.05, 0) is 42.7 Å². The van der Waals surface area contributed by atoms with Crippen LogP contribution in [0.4, 0.5) is 22.4 Å². The molecule has 0 bridgehead atoms. The quantitative estimate of drug-likeness (QED) is 0.441. The van der Waals surface area contributed by atoms with E-state index in [1.807, 2.05) is 5.32 Å². The van der Waals surface area contributed by atoms with E-state index in [0.29, 0.717) is 17.7 Å². The summed E-state index contributed by atoms with van der Waals surface area (Å²) in [6.45, 7) is 1.52. The Labute approximate surface area is 193 Å². The van der Waals surface area contributed by atoms with Gasteiger partial charge in [0.2, 0.25) is 5.91 Å². The van der Waals surface area contributed by atoms with Crippen molar-refractivity contribution in [3.05, 3.63) is 34.6 Å². The first kappa shape index (κ1) is 25.3. The van der Waals surface area contributed by atoms with Gasteiger partial charge in [-0.2, -0.15) is 13.2 Å². The molecule has 1 aromatic rings. The summed E-state index contributed by atoms with van der Waals surface area (Å²) in [4.78, 5) is 37.5. The molecule has 3 amide bonds. The predicted octanol–water partition coefficient (Wildman–Crippen LogP) is 4.79. The van der Waals surface area contributed by atoms with Gasteiger partial charge >= 0.3 is 18.2 Å². The number of hydrogen-bond acceptors (Lipinski definition) is 3. The van der Waals surface area contributed by atoms with Crippen LogP contribution in [0.2, 0.25) is 5.02 Å². The second-order valence-electron chi connectivity index (χ2n) is 8.78. The van der Waals surface area contributed by atoms with Crippen molar-refractivity contribution in [2.75, 3.05) is 0 Å². The van der Waals surface area contributed by atoms with Crippen molar-refractivity contribution < 1.29 is 37.1 Å². The normalized spacial score (nSPS) is 23.6. The van der Waals surface area contributed by atoms with Crippen molar-refractivity contribution in [1.29, 1.82) is 0 Å². The number of hydrogen-bond donors (Lipinski definition) is 2. The SMILES string of the molecule is CC(Cc1cccc(Cl)c1F)C1C(=O)N(C(=O)NC(C2CCCCC2)C(F)(F)F)C1C(=O)O. The number of halogens is 5. The third-order valence-corrected chi connectivity index (χ3v) is 6.84. The van der Waals surface area contributed by atoms with Gasteiger partial charge < -0.3 is 10.4 Å². The Morgan fingerprint density at radius 3 is 2.45 bits per heavy atom. The van der Waals surface area contributed by atoms with E-state index >= 15 is 0 Å². The summed E-state index contributed by atoms with van der Waals surface area (Å²) in [6, 6.07) is -0.890. The molecule has 6 nitrogen and oxygen atoms in total. The monoisotopic (exact) mass is 492 g/mol. The van der Waals surface area contributed by atoms with Gasteiger partial charge in [-0.1, -0.05) is 49.9 Å². The highest BCUT2D eigenvalue weighted by Gasteiger charge is 2.58. The molecular weight excluding hydrogens is 468 g/mol. The van der Waals surface area contributed by atoms with E-state index in [2.05, 4.69) is 0 Å². The van der Waals surface area contributed by atoms with Gasteiger partial charge in [0.25, 0.3) is 0 Å². The van der Waals surface area contributed by atoms with Crippen LogP contribution in [0.3, 0.4) is 0 Å². The van der Waals surface area contributed by atoms with E-state index in [1.54, 1.807) is 0 Å². The van der Waals surface area contributed by atoms with Crippen molar-refractivity contribution in [1.82, 2.24) is 10.2 Å². The Morgan fingerprint density at radius 2 is 1.88 bits per heavy atom. The van der Waals surface area contributed by atoms with E-state index < -0.39 is 59.7 Å². The number of carbonyl (C=O) groups excluding carboxylic acids is 2. The molecule has 2 fully saturated rings. The molecule has 2 N–H and O–H groups in total. The molecule has 1 heterocycles. The number of β-lactam (4-membered cyclic amide) rings is 1. The molecule has 4 unspecified atom stereocenters. The number of alkyl halides is 3. The summed E-state index contributed by atoms with van der Waals surface area (Å²) in [5.74, 6) is -5.84. The standard InChI is InChI=1S/C22H25ClF4N2O4/c1-11(10-13-8-5-9-14(23)16(13)24)15-17(20(31)32)29(19(15)30)21(33)28-18(22(25,26)27)12-6-3-2-4-7-12/h5,8-9,11-12,15,17-18H,2-4,6-7,10H2,1H3,(H,28,33)(H,31,32). The lowest BCUT2D eigenvalue weighted by Gasteiger charge is -2.46. The predicted molar refractivity (Wildman–Crippen MR) is 111 cm³/mol. The molecule has 1 aliphatic heterocycles. The molecule has 2 aliphatic rings. The van der Waals surface area contributed by atoms with Crippen LogP contribution in [-0.2, 0) is 16.0 Å². The van der Waals surface area contributed by atoms with Crippen LogP contribution >= 0.6 is 11.6 Å². The number of aliphatic carboxylic acids is 1. The van der Waals surface area contributed by atoms with Crippen molar-refractivity contribution in [3.63, 3.8) is 0 Å². The van der Waals surface area contributed by atoms with Gasteiger partial charge in [0.1, 0.15) is 11.9 Å². The van der Waals surface area contributed by atoms with E-state index in [1.165, 1.54) is 25.1 Å². The fourth-order valence-corrected chi connectivity index (χ4v) is 5.07. The van der Waals surface area contributed by atoms with Crippen LogP contribution in [0.15, 0.2) is 18.2 Å². The Kier molecular flexibility index (Phi) is 7.55. The Morgan fingerprint density at radius 1 is 1.24 bits per heavy atom. The van der Waals surface area contributed by atoms with Crippen molar-refractivity contribution >= 4 is 29.5 Å². The van der Waals surface area contributed by atoms with Crippen LogP contribution < -0.4 is 5.32 Å². The highest BCUT2D eigenvalue weighted by Crippen LogP contribution is 2.38. The molecule has 1 aromatic carbocycles. The molecule has 33 heavy (non-hydrogen) atoms. The first-order valence-electron chi connectivity index (χ1n) is 10.8. The number of imide groups is 1. The maximum absolute atomic E-state index is 14.2. The summed E-state index contributed by atoms with van der Waals surface area (Å²) in [5, 5.41) is 11.3. The fraction of sp³-hybridized carbons (Fsp3) is 0.591. The minimum atomic E-state index is -4.74. The molecule has 0 radical (unpaired) electrons. The van der Waals surface area contributed by atoms with Crippen LogP contribution in [0.1, 0.15) is 44.6 Å². The average molecular weight is 493 g/mol. The highest BCUT2D eigenvalue weighted by atomic mass is 35.5. The molecule has 4 atom stereocenters. The Bertz CT molecular complexity index is 920. The second-order valence-corrected chi connectivity index (χ2v) is 9.19. The van der Waals surface area contributed by atoms with E-state index in [9.17, 15) is 37.1 Å². The third kappa shape index (κ3) is 5.26. The van der Waals surface area contributed by atoms with Crippen LogP contribution in [0.25, 0.3) is 0 Å². The summed E-state index contributed by atoms with van der Waals surface area (Å²) >= 11 is 5.76. The summed E-state index contributed by atoms with van der Waals surface area (Å²) < 4.78 is 55.1. The third-order valence-electron chi connectivity index (χ3n) is 6.55. The highest BCUT2D eigenvalue weighted by molar-refractivity contribution is 6.30. The molecular formula is C22H25ClF4N2O4. The zero-order valence-corrected chi connectivity index (χ0v) is 18.6. The number of nitrogens with one attached hydrogen (secondary N) is 1. The molecule has 1 saturated heterocycles. The number of rotatable bonds is 6. The number of carboxylic acids is 1. The van der Waals surface area contributed by atoms with Crippen LogP contribution in [0.5, 0.6) is 0 Å². The molecule has 3 rings (SSSR count). The van der Waals surface area contributed by atoms with Crippen molar-refractivity contribution in [2.24, 2.45) is 17.8 Å². The van der Waals surface area contributed by atoms with Gasteiger partial charge in [0.05, 0.1) is 10.9 Å². The van der Waals surface area contributed by atoms with Gasteiger partial charge in [-0.15, -0.1) is 0 Å². The van der Waals surface area contributed by atoms with Gasteiger partial charge in [-0.3, -0.25) is 4.79 Å². The number of likely N-dealkylation sites (tertiary alicyclic amines) is 1.